The first kappa shape index (κ1) is 27.3. The molecule has 0 atom stereocenters. The van der Waals surface area contributed by atoms with Crippen molar-refractivity contribution in [1.29, 1.82) is 0 Å². The van der Waals surface area contributed by atoms with Gasteiger partial charge in [0, 0.05) is 51.9 Å². The summed E-state index contributed by atoms with van der Waals surface area (Å²) in [7, 11) is 0. The molecule has 37 heavy (non-hydrogen) atoms. The number of hydrogen-bond donors (Lipinski definition) is 1. The Morgan fingerprint density at radius 1 is 0.838 bits per heavy atom. The van der Waals surface area contributed by atoms with E-state index in [0.29, 0.717) is 19.6 Å². The molecule has 2 aliphatic heterocycles. The first-order valence-electron chi connectivity index (χ1n) is 13.8. The standard InChI is InChI=1S/C30H42N4O3/c1-25(35)34-15-8-4-2-3-7-14-33(23-28-12-5-6-13-29(28)34)24-30(36)31-21-26-10-9-11-27(20-26)22-32-16-18-37-19-17-32/h5-6,9-13,20H,2-4,7-8,14-19,21-24H2,1H3,(H,31,36). The van der Waals surface area contributed by atoms with E-state index in [-0.39, 0.29) is 11.8 Å². The molecule has 2 aromatic rings. The van der Waals surface area contributed by atoms with Crippen molar-refractivity contribution in [1.82, 2.24) is 15.1 Å². The van der Waals surface area contributed by atoms with Crippen LogP contribution < -0.4 is 10.2 Å². The molecule has 2 heterocycles. The zero-order valence-corrected chi connectivity index (χ0v) is 22.3. The number of nitrogens with zero attached hydrogens (tertiary/aromatic N) is 3. The molecule has 0 radical (unpaired) electrons. The van der Waals surface area contributed by atoms with Crippen molar-refractivity contribution in [2.75, 3.05) is 50.8 Å². The van der Waals surface area contributed by atoms with Gasteiger partial charge in [0.2, 0.25) is 11.8 Å². The Bertz CT molecular complexity index is 1020. The Balaban J connectivity index is 1.37. The Labute approximate surface area is 221 Å². The van der Waals surface area contributed by atoms with Crippen LogP contribution in [-0.2, 0) is 34.0 Å². The third kappa shape index (κ3) is 8.66. The number of hydrogen-bond acceptors (Lipinski definition) is 5. The molecule has 7 nitrogen and oxygen atoms in total. The maximum absolute atomic E-state index is 13.0. The number of nitrogens with one attached hydrogen (secondary N) is 1. The van der Waals surface area contributed by atoms with Crippen LogP contribution in [0.3, 0.4) is 0 Å². The number of amides is 2. The summed E-state index contributed by atoms with van der Waals surface area (Å²) in [5, 5.41) is 3.14. The van der Waals surface area contributed by atoms with Crippen LogP contribution in [0.1, 0.15) is 55.7 Å². The SMILES string of the molecule is CC(=O)N1CCCCCCCN(CC(=O)NCc2cccc(CN3CCOCC3)c2)Cc2ccccc21. The summed E-state index contributed by atoms with van der Waals surface area (Å²) < 4.78 is 5.45. The van der Waals surface area contributed by atoms with Gasteiger partial charge < -0.3 is 15.0 Å². The average molecular weight is 507 g/mol. The van der Waals surface area contributed by atoms with E-state index in [2.05, 4.69) is 45.4 Å². The molecular formula is C30H42N4O3. The third-order valence-electron chi connectivity index (χ3n) is 7.27. The molecule has 0 saturated carbocycles. The fourth-order valence-electron chi connectivity index (χ4n) is 5.26. The quantitative estimate of drug-likeness (QED) is 0.643. The van der Waals surface area contributed by atoms with Gasteiger partial charge in [-0.1, -0.05) is 61.7 Å². The number of fused-ring (bicyclic) bond motifs is 1. The predicted molar refractivity (Wildman–Crippen MR) is 147 cm³/mol. The molecule has 1 saturated heterocycles. The van der Waals surface area contributed by atoms with Gasteiger partial charge in [-0.25, -0.2) is 0 Å². The lowest BCUT2D eigenvalue weighted by Crippen LogP contribution is -2.38. The maximum atomic E-state index is 13.0. The normalized spacial score (nSPS) is 18.4. The van der Waals surface area contributed by atoms with Gasteiger partial charge in [0.05, 0.1) is 19.8 Å². The number of morpholine rings is 1. The summed E-state index contributed by atoms with van der Waals surface area (Å²) in [5.41, 5.74) is 4.46. The molecule has 7 heteroatoms. The van der Waals surface area contributed by atoms with Crippen molar-refractivity contribution in [3.63, 3.8) is 0 Å². The lowest BCUT2D eigenvalue weighted by Gasteiger charge is -2.28. The summed E-state index contributed by atoms with van der Waals surface area (Å²) in [6.07, 6.45) is 5.53. The summed E-state index contributed by atoms with van der Waals surface area (Å²) in [4.78, 5) is 32.0. The van der Waals surface area contributed by atoms with Crippen LogP contribution in [0.15, 0.2) is 48.5 Å². The van der Waals surface area contributed by atoms with E-state index in [1.165, 1.54) is 5.56 Å². The second-order valence-corrected chi connectivity index (χ2v) is 10.3. The fraction of sp³-hybridized carbons (Fsp3) is 0.533. The Morgan fingerprint density at radius 2 is 1.57 bits per heavy atom. The van der Waals surface area contributed by atoms with Crippen LogP contribution in [-0.4, -0.2) is 67.6 Å². The van der Waals surface area contributed by atoms with E-state index in [0.717, 1.165) is 94.9 Å². The van der Waals surface area contributed by atoms with Gasteiger partial charge in [-0.3, -0.25) is 19.4 Å². The van der Waals surface area contributed by atoms with Crippen LogP contribution in [0.25, 0.3) is 0 Å². The summed E-state index contributed by atoms with van der Waals surface area (Å²) in [5.74, 6) is 0.108. The number of carbonyl (C=O) groups excluding carboxylic acids is 2. The molecule has 2 aliphatic rings. The highest BCUT2D eigenvalue weighted by molar-refractivity contribution is 5.92. The molecule has 1 fully saturated rings. The van der Waals surface area contributed by atoms with Crippen LogP contribution in [0.5, 0.6) is 0 Å². The number of carbonyl (C=O) groups is 2. The van der Waals surface area contributed by atoms with Crippen LogP contribution in [0.2, 0.25) is 0 Å². The third-order valence-corrected chi connectivity index (χ3v) is 7.27. The second kappa shape index (κ2) is 14.3. The maximum Gasteiger partial charge on any atom is 0.234 e. The molecule has 4 rings (SSSR count). The van der Waals surface area contributed by atoms with E-state index in [1.54, 1.807) is 6.92 Å². The van der Waals surface area contributed by atoms with Gasteiger partial charge in [0.25, 0.3) is 0 Å². The summed E-state index contributed by atoms with van der Waals surface area (Å²) in [6, 6.07) is 16.6. The van der Waals surface area contributed by atoms with Gasteiger partial charge in [0.1, 0.15) is 0 Å². The molecule has 2 amide bonds. The molecule has 0 aliphatic carbocycles. The van der Waals surface area contributed by atoms with Gasteiger partial charge in [-0.05, 0) is 42.1 Å². The van der Waals surface area contributed by atoms with E-state index in [9.17, 15) is 9.59 Å². The zero-order valence-electron chi connectivity index (χ0n) is 22.3. The van der Waals surface area contributed by atoms with Crippen molar-refractivity contribution in [2.24, 2.45) is 0 Å². The Hall–Kier alpha value is -2.74. The lowest BCUT2D eigenvalue weighted by atomic mass is 10.1. The first-order chi connectivity index (χ1) is 18.1. The van der Waals surface area contributed by atoms with Crippen molar-refractivity contribution in [3.8, 4) is 0 Å². The molecule has 1 N–H and O–H groups in total. The zero-order chi connectivity index (χ0) is 25.9. The summed E-state index contributed by atoms with van der Waals surface area (Å²) >= 11 is 0. The number of rotatable bonds is 6. The predicted octanol–water partition coefficient (Wildman–Crippen LogP) is 3.95. The molecule has 0 spiro atoms. The molecule has 0 aromatic heterocycles. The Morgan fingerprint density at radius 3 is 2.38 bits per heavy atom. The molecular weight excluding hydrogens is 464 g/mol. The lowest BCUT2D eigenvalue weighted by molar-refractivity contribution is -0.122. The van der Waals surface area contributed by atoms with Crippen molar-refractivity contribution in [2.45, 2.75) is 58.7 Å². The summed E-state index contributed by atoms with van der Waals surface area (Å²) in [6.45, 7) is 9.22. The minimum Gasteiger partial charge on any atom is -0.379 e. The van der Waals surface area contributed by atoms with Crippen molar-refractivity contribution >= 4 is 17.5 Å². The van der Waals surface area contributed by atoms with E-state index >= 15 is 0 Å². The number of anilines is 1. The van der Waals surface area contributed by atoms with Gasteiger partial charge in [-0.15, -0.1) is 0 Å². The minimum atomic E-state index is 0.0339. The monoisotopic (exact) mass is 506 g/mol. The molecule has 0 unspecified atom stereocenters. The van der Waals surface area contributed by atoms with Crippen molar-refractivity contribution in [3.05, 3.63) is 65.2 Å². The fourth-order valence-corrected chi connectivity index (χ4v) is 5.26. The second-order valence-electron chi connectivity index (χ2n) is 10.3. The number of ether oxygens (including phenoxy) is 1. The van der Waals surface area contributed by atoms with Crippen molar-refractivity contribution < 1.29 is 14.3 Å². The largest absolute Gasteiger partial charge is 0.379 e. The Kier molecular flexibility index (Phi) is 10.5. The average Bonchev–Trinajstić information content (AvgIpc) is 2.89. The highest BCUT2D eigenvalue weighted by atomic mass is 16.5. The smallest absolute Gasteiger partial charge is 0.234 e. The van der Waals surface area contributed by atoms with Gasteiger partial charge in [0.15, 0.2) is 0 Å². The number of para-hydroxylation sites is 1. The van der Waals surface area contributed by atoms with Gasteiger partial charge in [-0.2, -0.15) is 0 Å². The topological polar surface area (TPSA) is 65.1 Å². The van der Waals surface area contributed by atoms with Crippen LogP contribution >= 0.6 is 0 Å². The molecule has 2 aromatic carbocycles. The van der Waals surface area contributed by atoms with Crippen LogP contribution in [0.4, 0.5) is 5.69 Å². The first-order valence-corrected chi connectivity index (χ1v) is 13.8. The van der Waals surface area contributed by atoms with Gasteiger partial charge >= 0.3 is 0 Å². The molecule has 200 valence electrons. The van der Waals surface area contributed by atoms with Crippen LogP contribution in [0, 0.1) is 0 Å². The highest BCUT2D eigenvalue weighted by Crippen LogP contribution is 2.24. The molecule has 0 bridgehead atoms. The van der Waals surface area contributed by atoms with E-state index < -0.39 is 0 Å². The highest BCUT2D eigenvalue weighted by Gasteiger charge is 2.19. The minimum absolute atomic E-state index is 0.0339. The van der Waals surface area contributed by atoms with E-state index in [1.807, 2.05) is 23.1 Å². The van der Waals surface area contributed by atoms with E-state index in [4.69, 9.17) is 4.74 Å². The number of benzene rings is 2.